The number of piperidine rings is 1. The minimum absolute atomic E-state index is 0.109. The average molecular weight is 264 g/mol. The van der Waals surface area contributed by atoms with Crippen molar-refractivity contribution in [3.63, 3.8) is 0 Å². The maximum atomic E-state index is 12.6. The Hall–Kier alpha value is -1.36. The number of aryl methyl sites for hydroxylation is 2. The highest BCUT2D eigenvalue weighted by Gasteiger charge is 2.27. The molecule has 1 amide bonds. The van der Waals surface area contributed by atoms with Gasteiger partial charge in [-0.25, -0.2) is 0 Å². The second-order valence-corrected chi connectivity index (χ2v) is 5.62. The molecule has 5 nitrogen and oxygen atoms in total. The Balaban J connectivity index is 2.15. The molecule has 1 aromatic heterocycles. The van der Waals surface area contributed by atoms with Gasteiger partial charge in [0, 0.05) is 25.8 Å². The Morgan fingerprint density at radius 2 is 1.84 bits per heavy atom. The highest BCUT2D eigenvalue weighted by Crippen LogP contribution is 2.20. The molecule has 1 aromatic rings. The molecule has 0 spiro atoms. The minimum atomic E-state index is 0.109. The first-order valence-electron chi connectivity index (χ1n) is 6.87. The highest BCUT2D eigenvalue weighted by atomic mass is 16.2. The topological polar surface area (TPSA) is 41.4 Å². The number of carbonyl (C=O) groups is 1. The molecule has 2 heterocycles. The lowest BCUT2D eigenvalue weighted by Crippen LogP contribution is -2.44. The lowest BCUT2D eigenvalue weighted by molar-refractivity contribution is 0.0658. The molecule has 0 radical (unpaired) electrons. The molecule has 2 rings (SSSR count). The van der Waals surface area contributed by atoms with Crippen molar-refractivity contribution >= 4 is 5.91 Å². The van der Waals surface area contributed by atoms with Crippen LogP contribution in [0.25, 0.3) is 0 Å². The molecule has 1 aliphatic heterocycles. The number of hydrogen-bond acceptors (Lipinski definition) is 3. The van der Waals surface area contributed by atoms with Gasteiger partial charge in [-0.05, 0) is 46.8 Å². The highest BCUT2D eigenvalue weighted by molar-refractivity contribution is 5.96. The zero-order valence-corrected chi connectivity index (χ0v) is 12.6. The number of hydrogen-bond donors (Lipinski definition) is 0. The first-order valence-corrected chi connectivity index (χ1v) is 6.87. The number of likely N-dealkylation sites (tertiary alicyclic amines) is 1. The predicted octanol–water partition coefficient (Wildman–Crippen LogP) is 1.20. The van der Waals surface area contributed by atoms with E-state index in [-0.39, 0.29) is 5.91 Å². The van der Waals surface area contributed by atoms with E-state index in [1.807, 2.05) is 32.8 Å². The molecular weight excluding hydrogens is 240 g/mol. The van der Waals surface area contributed by atoms with Gasteiger partial charge in [0.15, 0.2) is 0 Å². The summed E-state index contributed by atoms with van der Waals surface area (Å²) >= 11 is 0. The van der Waals surface area contributed by atoms with Crippen molar-refractivity contribution in [1.29, 1.82) is 0 Å². The van der Waals surface area contributed by atoms with Crippen LogP contribution in [0.4, 0.5) is 0 Å². The lowest BCUT2D eigenvalue weighted by atomic mass is 10.0. The molecule has 0 saturated carbocycles. The standard InChI is InChI=1S/C14H24N4O/c1-10-13(11(2)18(5)15-10)14(19)17(4)12-6-8-16(3)9-7-12/h12H,6-9H2,1-5H3. The number of amides is 1. The maximum absolute atomic E-state index is 12.6. The summed E-state index contributed by atoms with van der Waals surface area (Å²) in [7, 11) is 5.94. The number of carbonyl (C=O) groups excluding carboxylic acids is 1. The van der Waals surface area contributed by atoms with E-state index in [2.05, 4.69) is 17.0 Å². The summed E-state index contributed by atoms with van der Waals surface area (Å²) in [5.41, 5.74) is 2.54. The molecule has 0 unspecified atom stereocenters. The van der Waals surface area contributed by atoms with E-state index in [1.54, 1.807) is 4.68 Å². The molecule has 0 aromatic carbocycles. The monoisotopic (exact) mass is 264 g/mol. The Bertz CT molecular complexity index is 472. The summed E-state index contributed by atoms with van der Waals surface area (Å²) in [6.07, 6.45) is 2.11. The summed E-state index contributed by atoms with van der Waals surface area (Å²) < 4.78 is 1.78. The van der Waals surface area contributed by atoms with Crippen molar-refractivity contribution < 1.29 is 4.79 Å². The first kappa shape index (κ1) is 14.1. The second-order valence-electron chi connectivity index (χ2n) is 5.62. The van der Waals surface area contributed by atoms with Crippen LogP contribution in [0.2, 0.25) is 0 Å². The van der Waals surface area contributed by atoms with Crippen LogP contribution < -0.4 is 0 Å². The van der Waals surface area contributed by atoms with Crippen LogP contribution in [-0.2, 0) is 7.05 Å². The number of aromatic nitrogens is 2. The van der Waals surface area contributed by atoms with Gasteiger partial charge in [0.25, 0.3) is 5.91 Å². The van der Waals surface area contributed by atoms with Crippen molar-refractivity contribution in [3.8, 4) is 0 Å². The van der Waals surface area contributed by atoms with Crippen LogP contribution in [0.15, 0.2) is 0 Å². The van der Waals surface area contributed by atoms with Crippen LogP contribution in [0.1, 0.15) is 34.6 Å². The Kier molecular flexibility index (Phi) is 3.94. The van der Waals surface area contributed by atoms with Crippen LogP contribution in [0.5, 0.6) is 0 Å². The molecule has 106 valence electrons. The fourth-order valence-electron chi connectivity index (χ4n) is 2.81. The quantitative estimate of drug-likeness (QED) is 0.806. The van der Waals surface area contributed by atoms with Crippen LogP contribution in [0, 0.1) is 13.8 Å². The third-order valence-corrected chi connectivity index (χ3v) is 4.28. The van der Waals surface area contributed by atoms with Gasteiger partial charge in [0.1, 0.15) is 0 Å². The van der Waals surface area contributed by atoms with Crippen molar-refractivity contribution in [3.05, 3.63) is 17.0 Å². The number of rotatable bonds is 2. The fourth-order valence-corrected chi connectivity index (χ4v) is 2.81. The van der Waals surface area contributed by atoms with Gasteiger partial charge in [-0.1, -0.05) is 0 Å². The third-order valence-electron chi connectivity index (χ3n) is 4.28. The van der Waals surface area contributed by atoms with Gasteiger partial charge in [0.2, 0.25) is 0 Å². The zero-order chi connectivity index (χ0) is 14.2. The SMILES string of the molecule is Cc1nn(C)c(C)c1C(=O)N(C)C1CCN(C)CC1. The molecule has 5 heteroatoms. The molecule has 0 atom stereocenters. The van der Waals surface area contributed by atoms with Crippen molar-refractivity contribution in [2.75, 3.05) is 27.2 Å². The Morgan fingerprint density at radius 1 is 1.26 bits per heavy atom. The van der Waals surface area contributed by atoms with E-state index in [4.69, 9.17) is 0 Å². The summed E-state index contributed by atoms with van der Waals surface area (Å²) in [5, 5.41) is 4.33. The summed E-state index contributed by atoms with van der Waals surface area (Å²) in [6.45, 7) is 5.99. The summed E-state index contributed by atoms with van der Waals surface area (Å²) in [4.78, 5) is 16.9. The van der Waals surface area contributed by atoms with E-state index < -0.39 is 0 Å². The average Bonchev–Trinajstić information content (AvgIpc) is 2.62. The van der Waals surface area contributed by atoms with E-state index in [0.717, 1.165) is 42.9 Å². The van der Waals surface area contributed by atoms with Crippen LogP contribution >= 0.6 is 0 Å². The van der Waals surface area contributed by atoms with Gasteiger partial charge < -0.3 is 9.80 Å². The van der Waals surface area contributed by atoms with Gasteiger partial charge in [-0.3, -0.25) is 9.48 Å². The predicted molar refractivity (Wildman–Crippen MR) is 75.3 cm³/mol. The largest absolute Gasteiger partial charge is 0.339 e. The Labute approximate surface area is 115 Å². The lowest BCUT2D eigenvalue weighted by Gasteiger charge is -2.35. The molecule has 0 N–H and O–H groups in total. The Morgan fingerprint density at radius 3 is 2.32 bits per heavy atom. The molecule has 1 fully saturated rings. The van der Waals surface area contributed by atoms with E-state index in [0.29, 0.717) is 6.04 Å². The minimum Gasteiger partial charge on any atom is -0.339 e. The molecule has 19 heavy (non-hydrogen) atoms. The first-order chi connectivity index (χ1) is 8.91. The molecule has 0 aliphatic carbocycles. The molecule has 0 bridgehead atoms. The van der Waals surface area contributed by atoms with Crippen molar-refractivity contribution in [2.24, 2.45) is 7.05 Å². The normalized spacial score (nSPS) is 17.7. The fraction of sp³-hybridized carbons (Fsp3) is 0.714. The van der Waals surface area contributed by atoms with Gasteiger partial charge in [-0.15, -0.1) is 0 Å². The van der Waals surface area contributed by atoms with Crippen LogP contribution in [-0.4, -0.2) is 58.7 Å². The van der Waals surface area contributed by atoms with Crippen molar-refractivity contribution in [1.82, 2.24) is 19.6 Å². The van der Waals surface area contributed by atoms with Crippen LogP contribution in [0.3, 0.4) is 0 Å². The second kappa shape index (κ2) is 5.33. The zero-order valence-electron chi connectivity index (χ0n) is 12.6. The molecular formula is C14H24N4O. The van der Waals surface area contributed by atoms with E-state index >= 15 is 0 Å². The van der Waals surface area contributed by atoms with Gasteiger partial charge in [0.05, 0.1) is 11.3 Å². The maximum Gasteiger partial charge on any atom is 0.257 e. The molecule has 1 saturated heterocycles. The number of nitrogens with zero attached hydrogens (tertiary/aromatic N) is 4. The third kappa shape index (κ3) is 2.66. The summed E-state index contributed by atoms with van der Waals surface area (Å²) in [6, 6.07) is 0.350. The van der Waals surface area contributed by atoms with Gasteiger partial charge >= 0.3 is 0 Å². The van der Waals surface area contributed by atoms with Gasteiger partial charge in [-0.2, -0.15) is 5.10 Å². The van der Waals surface area contributed by atoms with Crippen molar-refractivity contribution in [2.45, 2.75) is 32.7 Å². The smallest absolute Gasteiger partial charge is 0.257 e. The van der Waals surface area contributed by atoms with E-state index in [1.165, 1.54) is 0 Å². The molecule has 1 aliphatic rings. The summed E-state index contributed by atoms with van der Waals surface area (Å²) in [5.74, 6) is 0.109. The van der Waals surface area contributed by atoms with E-state index in [9.17, 15) is 4.79 Å².